The lowest BCUT2D eigenvalue weighted by molar-refractivity contribution is 0.0734. The van der Waals surface area contributed by atoms with E-state index < -0.39 is 22.6 Å². The van der Waals surface area contributed by atoms with E-state index >= 15 is 0 Å². The molecular formula is C44H62N2O6Si2. The molecule has 0 bridgehead atoms. The quantitative estimate of drug-likeness (QED) is 0.0238. The van der Waals surface area contributed by atoms with Crippen LogP contribution < -0.4 is 25.7 Å². The summed E-state index contributed by atoms with van der Waals surface area (Å²) in [6, 6.07) is 30.4. The molecule has 4 aromatic carbocycles. The largest absolute Gasteiger partial charge is 0.494 e. The number of nitrogen functional groups attached to an aromatic ring is 2. The highest BCUT2D eigenvalue weighted by molar-refractivity contribution is 6.84. The summed E-state index contributed by atoms with van der Waals surface area (Å²) in [7, 11) is -3.69. The van der Waals surface area contributed by atoms with Gasteiger partial charge in [-0.3, -0.25) is 0 Å². The van der Waals surface area contributed by atoms with Crippen LogP contribution >= 0.6 is 0 Å². The Bertz CT molecular complexity index is 1680. The van der Waals surface area contributed by atoms with Crippen LogP contribution in [0.5, 0.6) is 17.2 Å². The van der Waals surface area contributed by atoms with Crippen molar-refractivity contribution in [3.8, 4) is 28.4 Å². The zero-order valence-electron chi connectivity index (χ0n) is 33.2. The Morgan fingerprint density at radius 2 is 1.06 bits per heavy atom. The molecule has 0 amide bonds. The molecular weight excluding hydrogens is 709 g/mol. The number of hydrogen-bond donors (Lipinski definition) is 2. The molecule has 54 heavy (non-hydrogen) atoms. The highest BCUT2D eigenvalue weighted by Crippen LogP contribution is 2.27. The smallest absolute Gasteiger partial charge is 0.343 e. The van der Waals surface area contributed by atoms with E-state index in [-0.39, 0.29) is 0 Å². The molecule has 0 radical (unpaired) electrons. The summed E-state index contributed by atoms with van der Waals surface area (Å²) in [5.41, 5.74) is 16.7. The SMILES string of the molecule is CCCCCCCCOc1ccc(-c2ccc(OC(=O)c3ccc(OCCC[Si](C)(C)O[Si](C)(C)CCCOCc4cc(N)cc(N)c4)cc3)cc2)cc1. The summed E-state index contributed by atoms with van der Waals surface area (Å²) in [5, 5.41) is 0. The molecule has 4 N–H and O–H groups in total. The van der Waals surface area contributed by atoms with E-state index in [1.54, 1.807) is 18.2 Å². The van der Waals surface area contributed by atoms with Gasteiger partial charge in [0.25, 0.3) is 0 Å². The van der Waals surface area contributed by atoms with Gasteiger partial charge in [0.05, 0.1) is 25.4 Å². The number of carbonyl (C=O) groups is 1. The zero-order chi connectivity index (χ0) is 38.8. The Labute approximate surface area is 325 Å². The minimum atomic E-state index is -1.86. The molecule has 0 aliphatic rings. The average Bonchev–Trinajstić information content (AvgIpc) is 3.13. The van der Waals surface area contributed by atoms with Gasteiger partial charge in [-0.1, -0.05) is 63.3 Å². The topological polar surface area (TPSA) is 115 Å². The Balaban J connectivity index is 1.11. The minimum absolute atomic E-state index is 0.407. The lowest BCUT2D eigenvalue weighted by Gasteiger charge is -2.34. The predicted molar refractivity (Wildman–Crippen MR) is 227 cm³/mol. The van der Waals surface area contributed by atoms with Crippen molar-refractivity contribution in [2.75, 3.05) is 31.3 Å². The molecule has 0 aromatic heterocycles. The first kappa shape index (κ1) is 42.6. The van der Waals surface area contributed by atoms with E-state index in [2.05, 4.69) is 45.2 Å². The maximum atomic E-state index is 12.9. The van der Waals surface area contributed by atoms with Crippen molar-refractivity contribution in [2.45, 2.75) is 103 Å². The van der Waals surface area contributed by atoms with E-state index in [0.717, 1.165) is 66.1 Å². The van der Waals surface area contributed by atoms with Crippen molar-refractivity contribution in [3.63, 3.8) is 0 Å². The summed E-state index contributed by atoms with van der Waals surface area (Å²) >= 11 is 0. The van der Waals surface area contributed by atoms with Crippen molar-refractivity contribution < 1.29 is 27.9 Å². The molecule has 0 saturated carbocycles. The van der Waals surface area contributed by atoms with Crippen LogP contribution in [0, 0.1) is 0 Å². The lowest BCUT2D eigenvalue weighted by atomic mass is 10.1. The molecule has 0 aliphatic carbocycles. The first-order valence-electron chi connectivity index (χ1n) is 19.6. The first-order valence-corrected chi connectivity index (χ1v) is 25.9. The van der Waals surface area contributed by atoms with E-state index in [4.69, 9.17) is 34.5 Å². The van der Waals surface area contributed by atoms with Crippen molar-refractivity contribution >= 4 is 34.0 Å². The van der Waals surface area contributed by atoms with Crippen molar-refractivity contribution in [2.24, 2.45) is 0 Å². The van der Waals surface area contributed by atoms with Gasteiger partial charge in [-0.05, 0) is 141 Å². The number of carbonyl (C=O) groups excluding carboxylic acids is 1. The summed E-state index contributed by atoms with van der Waals surface area (Å²) < 4.78 is 30.3. The van der Waals surface area contributed by atoms with Crippen molar-refractivity contribution in [3.05, 3.63) is 102 Å². The van der Waals surface area contributed by atoms with Gasteiger partial charge in [0.15, 0.2) is 16.6 Å². The molecule has 4 rings (SSSR count). The van der Waals surface area contributed by atoms with Gasteiger partial charge < -0.3 is 34.5 Å². The Kier molecular flexibility index (Phi) is 17.1. The van der Waals surface area contributed by atoms with E-state index in [1.807, 2.05) is 60.7 Å². The molecule has 0 aliphatic heterocycles. The Hall–Kier alpha value is -4.10. The van der Waals surface area contributed by atoms with Gasteiger partial charge >= 0.3 is 5.97 Å². The third-order valence-electron chi connectivity index (χ3n) is 9.23. The molecule has 0 atom stereocenters. The number of benzene rings is 4. The third-order valence-corrected chi connectivity index (χ3v) is 16.8. The van der Waals surface area contributed by atoms with Crippen LogP contribution in [0.1, 0.15) is 74.2 Å². The number of unbranched alkanes of at least 4 members (excludes halogenated alkanes) is 5. The van der Waals surface area contributed by atoms with Crippen molar-refractivity contribution in [1.82, 2.24) is 0 Å². The molecule has 4 aromatic rings. The van der Waals surface area contributed by atoms with Gasteiger partial charge in [0.2, 0.25) is 0 Å². The fourth-order valence-corrected chi connectivity index (χ4v) is 15.3. The number of rotatable bonds is 24. The second-order valence-electron chi connectivity index (χ2n) is 15.3. The summed E-state index contributed by atoms with van der Waals surface area (Å²) in [4.78, 5) is 12.9. The van der Waals surface area contributed by atoms with Gasteiger partial charge in [0, 0.05) is 18.0 Å². The monoisotopic (exact) mass is 770 g/mol. The third kappa shape index (κ3) is 15.7. The second-order valence-corrected chi connectivity index (χ2v) is 24.2. The molecule has 292 valence electrons. The van der Waals surface area contributed by atoms with E-state index in [1.165, 1.54) is 32.1 Å². The van der Waals surface area contributed by atoms with Gasteiger partial charge in [-0.25, -0.2) is 4.79 Å². The summed E-state index contributed by atoms with van der Waals surface area (Å²) in [6.07, 6.45) is 9.36. The van der Waals surface area contributed by atoms with Crippen LogP contribution in [-0.4, -0.2) is 42.4 Å². The lowest BCUT2D eigenvalue weighted by Crippen LogP contribution is -2.44. The predicted octanol–water partition coefficient (Wildman–Crippen LogP) is 11.3. The number of ether oxygens (including phenoxy) is 4. The molecule has 8 nitrogen and oxygen atoms in total. The van der Waals surface area contributed by atoms with Crippen LogP contribution in [0.4, 0.5) is 11.4 Å². The number of esters is 1. The average molecular weight is 771 g/mol. The van der Waals surface area contributed by atoms with E-state index in [9.17, 15) is 4.79 Å². The Morgan fingerprint density at radius 3 is 1.63 bits per heavy atom. The van der Waals surface area contributed by atoms with Crippen LogP contribution in [0.25, 0.3) is 11.1 Å². The first-order chi connectivity index (χ1) is 25.9. The van der Waals surface area contributed by atoms with E-state index in [0.29, 0.717) is 42.5 Å². The fraction of sp³-hybridized carbons (Fsp3) is 0.432. The van der Waals surface area contributed by atoms with Crippen LogP contribution in [0.2, 0.25) is 38.3 Å². The molecule has 0 saturated heterocycles. The fourth-order valence-electron chi connectivity index (χ4n) is 6.54. The minimum Gasteiger partial charge on any atom is -0.494 e. The summed E-state index contributed by atoms with van der Waals surface area (Å²) in [6.45, 7) is 13.9. The number of hydrogen-bond acceptors (Lipinski definition) is 8. The zero-order valence-corrected chi connectivity index (χ0v) is 35.2. The van der Waals surface area contributed by atoms with Gasteiger partial charge in [0.1, 0.15) is 17.2 Å². The molecule has 0 heterocycles. The van der Waals surface area contributed by atoms with Crippen LogP contribution in [0.3, 0.4) is 0 Å². The Morgan fingerprint density at radius 1 is 0.574 bits per heavy atom. The maximum absolute atomic E-state index is 12.9. The van der Waals surface area contributed by atoms with Crippen LogP contribution in [0.15, 0.2) is 91.0 Å². The second kappa shape index (κ2) is 21.7. The van der Waals surface area contributed by atoms with Gasteiger partial charge in [-0.2, -0.15) is 0 Å². The molecule has 0 unspecified atom stereocenters. The van der Waals surface area contributed by atoms with Crippen LogP contribution in [-0.2, 0) is 15.5 Å². The normalized spacial score (nSPS) is 11.7. The standard InChI is InChI=1S/C44H62N2O6Si2/c1-6-7-8-9-10-11-27-49-41-20-14-36(15-21-41)37-16-24-43(25-17-37)51-44(47)38-18-22-42(23-19-38)50-28-13-30-54(4,5)52-53(2,3)29-12-26-48-34-35-31-39(45)33-40(46)32-35/h14-25,31-33H,6-13,26-30,34,45-46H2,1-5H3. The highest BCUT2D eigenvalue weighted by atomic mass is 28.4. The molecule has 0 spiro atoms. The van der Waals surface area contributed by atoms with Crippen molar-refractivity contribution in [1.29, 1.82) is 0 Å². The summed E-state index contributed by atoms with van der Waals surface area (Å²) in [5.74, 6) is 1.71. The van der Waals surface area contributed by atoms with Gasteiger partial charge in [-0.15, -0.1) is 0 Å². The number of nitrogens with two attached hydrogens (primary N) is 2. The number of anilines is 2. The highest BCUT2D eigenvalue weighted by Gasteiger charge is 2.32. The molecule has 0 fully saturated rings. The maximum Gasteiger partial charge on any atom is 0.343 e. The molecule has 10 heteroatoms.